The van der Waals surface area contributed by atoms with Gasteiger partial charge in [-0.25, -0.2) is 0 Å². The van der Waals surface area contributed by atoms with Crippen LogP contribution in [0.4, 0.5) is 0 Å². The van der Waals surface area contributed by atoms with Crippen LogP contribution < -0.4 is 11.5 Å². The van der Waals surface area contributed by atoms with Crippen LogP contribution in [-0.4, -0.2) is 27.7 Å². The van der Waals surface area contributed by atoms with E-state index >= 15 is 0 Å². The number of carbonyl (C=O) groups is 1. The molecule has 4 nitrogen and oxygen atoms in total. The van der Waals surface area contributed by atoms with Crippen LogP contribution in [0.2, 0.25) is 0 Å². The van der Waals surface area contributed by atoms with Gasteiger partial charge in [0, 0.05) is 34.8 Å². The van der Waals surface area contributed by atoms with Crippen LogP contribution in [-0.2, 0) is 15.6 Å². The summed E-state index contributed by atoms with van der Waals surface area (Å²) in [5.41, 5.74) is 10.1. The van der Waals surface area contributed by atoms with Crippen molar-refractivity contribution in [3.63, 3.8) is 0 Å². The van der Waals surface area contributed by atoms with E-state index in [-0.39, 0.29) is 11.7 Å². The number of hydrogen-bond acceptors (Lipinski definition) is 3. The van der Waals surface area contributed by atoms with Crippen molar-refractivity contribution in [3.05, 3.63) is 0 Å². The molecule has 0 saturated carbocycles. The molecule has 0 heterocycles. The number of rotatable bonds is 5. The lowest BCUT2D eigenvalue weighted by Gasteiger charge is -2.06. The molecule has 0 spiro atoms. The molecule has 0 saturated heterocycles. The molecular formula is C6H14N2O2S. The highest BCUT2D eigenvalue weighted by Crippen LogP contribution is 1.95. The van der Waals surface area contributed by atoms with Crippen LogP contribution in [0.3, 0.4) is 0 Å². The third-order valence-corrected chi connectivity index (χ3v) is 3.03. The second-order valence-electron chi connectivity index (χ2n) is 2.35. The number of amides is 1. The zero-order chi connectivity index (χ0) is 8.85. The maximum atomic E-state index is 11.1. The zero-order valence-corrected chi connectivity index (χ0v) is 7.39. The maximum absolute atomic E-state index is 11.1. The number of hydrogen-bond donors (Lipinski definition) is 2. The predicted octanol–water partition coefficient (Wildman–Crippen LogP) is -1.04. The first-order valence-corrected chi connectivity index (χ1v) is 4.81. The monoisotopic (exact) mass is 178 g/mol. The Kier molecular flexibility index (Phi) is 5.06. The first-order chi connectivity index (χ1) is 5.07. The Morgan fingerprint density at radius 2 is 2.18 bits per heavy atom. The van der Waals surface area contributed by atoms with E-state index in [0.717, 1.165) is 0 Å². The second kappa shape index (κ2) is 5.26. The van der Waals surface area contributed by atoms with Crippen LogP contribution in [0, 0.1) is 0 Å². The molecule has 0 rings (SSSR count). The Morgan fingerprint density at radius 3 is 2.55 bits per heavy atom. The highest BCUT2D eigenvalue weighted by Gasteiger charge is 2.09. The van der Waals surface area contributed by atoms with Crippen LogP contribution in [0.25, 0.3) is 0 Å². The van der Waals surface area contributed by atoms with E-state index in [9.17, 15) is 9.00 Å². The van der Waals surface area contributed by atoms with Gasteiger partial charge in [-0.15, -0.1) is 0 Å². The van der Waals surface area contributed by atoms with Crippen LogP contribution in [0.5, 0.6) is 0 Å². The van der Waals surface area contributed by atoms with Crippen LogP contribution in [0.1, 0.15) is 13.3 Å². The Morgan fingerprint density at radius 1 is 1.64 bits per heavy atom. The van der Waals surface area contributed by atoms with Gasteiger partial charge in [0.05, 0.1) is 0 Å². The standard InChI is InChI=1S/C6H14N2O2S/c1-5(4-7)11(10)3-2-6(8)9/h5H,2-4,7H2,1H3,(H2,8,9). The van der Waals surface area contributed by atoms with E-state index in [1.54, 1.807) is 6.92 Å². The van der Waals surface area contributed by atoms with E-state index in [0.29, 0.717) is 12.3 Å². The lowest BCUT2D eigenvalue weighted by atomic mass is 10.5. The van der Waals surface area contributed by atoms with E-state index < -0.39 is 16.7 Å². The minimum atomic E-state index is -1.01. The molecule has 0 aromatic rings. The van der Waals surface area contributed by atoms with Crippen molar-refractivity contribution in [3.8, 4) is 0 Å². The Labute approximate surface area is 68.8 Å². The van der Waals surface area contributed by atoms with Crippen molar-refractivity contribution in [1.29, 1.82) is 0 Å². The fraction of sp³-hybridized carbons (Fsp3) is 0.833. The number of primary amides is 1. The summed E-state index contributed by atoms with van der Waals surface area (Å²) >= 11 is 0. The summed E-state index contributed by atoms with van der Waals surface area (Å²) in [5, 5.41) is -0.0469. The van der Waals surface area contributed by atoms with Crippen molar-refractivity contribution in [2.75, 3.05) is 12.3 Å². The van der Waals surface area contributed by atoms with Gasteiger partial charge in [0.25, 0.3) is 0 Å². The molecule has 0 bridgehead atoms. The normalized spacial score (nSPS) is 15.8. The summed E-state index contributed by atoms with van der Waals surface area (Å²) in [6.07, 6.45) is 0.178. The average Bonchev–Trinajstić information content (AvgIpc) is 1.98. The van der Waals surface area contributed by atoms with Gasteiger partial charge in [0.15, 0.2) is 0 Å². The SMILES string of the molecule is CC(CN)S(=O)CCC(N)=O. The molecule has 0 aromatic heterocycles. The molecule has 0 aliphatic heterocycles. The summed E-state index contributed by atoms with van der Waals surface area (Å²) in [7, 11) is -1.01. The van der Waals surface area contributed by atoms with Gasteiger partial charge in [-0.3, -0.25) is 9.00 Å². The largest absolute Gasteiger partial charge is 0.370 e. The van der Waals surface area contributed by atoms with Crippen molar-refractivity contribution in [1.82, 2.24) is 0 Å². The zero-order valence-electron chi connectivity index (χ0n) is 6.58. The fourth-order valence-corrected chi connectivity index (χ4v) is 1.53. The lowest BCUT2D eigenvalue weighted by molar-refractivity contribution is -0.117. The predicted molar refractivity (Wildman–Crippen MR) is 45.3 cm³/mol. The van der Waals surface area contributed by atoms with E-state index in [4.69, 9.17) is 11.5 Å². The minimum absolute atomic E-state index is 0.0469. The highest BCUT2D eigenvalue weighted by molar-refractivity contribution is 7.85. The molecule has 0 aliphatic carbocycles. The molecular weight excluding hydrogens is 164 g/mol. The molecule has 2 unspecified atom stereocenters. The summed E-state index contributed by atoms with van der Waals surface area (Å²) in [5.74, 6) is -0.0872. The number of carbonyl (C=O) groups excluding carboxylic acids is 1. The molecule has 0 radical (unpaired) electrons. The summed E-state index contributed by atoms with van der Waals surface area (Å²) in [4.78, 5) is 10.3. The summed E-state index contributed by atoms with van der Waals surface area (Å²) in [6.45, 7) is 2.17. The molecule has 11 heavy (non-hydrogen) atoms. The molecule has 0 aromatic carbocycles. The quantitative estimate of drug-likeness (QED) is 0.563. The number of nitrogens with two attached hydrogens (primary N) is 2. The van der Waals surface area contributed by atoms with Gasteiger partial charge in [-0.2, -0.15) is 0 Å². The molecule has 5 heteroatoms. The third-order valence-electron chi connectivity index (χ3n) is 1.33. The molecule has 4 N–H and O–H groups in total. The Bertz CT molecular complexity index is 161. The van der Waals surface area contributed by atoms with E-state index in [1.165, 1.54) is 0 Å². The highest BCUT2D eigenvalue weighted by atomic mass is 32.2. The summed E-state index contributed by atoms with van der Waals surface area (Å²) < 4.78 is 11.1. The minimum Gasteiger partial charge on any atom is -0.370 e. The van der Waals surface area contributed by atoms with Crippen molar-refractivity contribution >= 4 is 16.7 Å². The van der Waals surface area contributed by atoms with Gasteiger partial charge in [0.1, 0.15) is 0 Å². The van der Waals surface area contributed by atoms with Gasteiger partial charge in [-0.1, -0.05) is 0 Å². The average molecular weight is 178 g/mol. The van der Waals surface area contributed by atoms with E-state index in [1.807, 2.05) is 0 Å². The van der Waals surface area contributed by atoms with Gasteiger partial charge < -0.3 is 11.5 Å². The first kappa shape index (κ1) is 10.6. The van der Waals surface area contributed by atoms with Gasteiger partial charge >= 0.3 is 0 Å². The maximum Gasteiger partial charge on any atom is 0.218 e. The van der Waals surface area contributed by atoms with Crippen molar-refractivity contribution < 1.29 is 9.00 Å². The van der Waals surface area contributed by atoms with Gasteiger partial charge in [0.2, 0.25) is 5.91 Å². The van der Waals surface area contributed by atoms with Crippen LogP contribution >= 0.6 is 0 Å². The smallest absolute Gasteiger partial charge is 0.218 e. The van der Waals surface area contributed by atoms with E-state index in [2.05, 4.69) is 0 Å². The van der Waals surface area contributed by atoms with Crippen LogP contribution in [0.15, 0.2) is 0 Å². The second-order valence-corrected chi connectivity index (χ2v) is 4.32. The van der Waals surface area contributed by atoms with Crippen molar-refractivity contribution in [2.45, 2.75) is 18.6 Å². The summed E-state index contributed by atoms with van der Waals surface area (Å²) in [6, 6.07) is 0. The molecule has 0 fully saturated rings. The third kappa shape index (κ3) is 4.92. The molecule has 0 aliphatic rings. The first-order valence-electron chi connectivity index (χ1n) is 3.43. The van der Waals surface area contributed by atoms with Crippen molar-refractivity contribution in [2.24, 2.45) is 11.5 Å². The molecule has 2 atom stereocenters. The molecule has 66 valence electrons. The fourth-order valence-electron chi connectivity index (χ4n) is 0.510. The van der Waals surface area contributed by atoms with Gasteiger partial charge in [-0.05, 0) is 6.92 Å². The lowest BCUT2D eigenvalue weighted by Crippen LogP contribution is -2.25. The molecule has 1 amide bonds. The Hall–Kier alpha value is -0.420. The topological polar surface area (TPSA) is 86.2 Å². The Balaban J connectivity index is 3.60.